The molecule has 0 amide bonds. The largest absolute Gasteiger partial charge is 0.463 e. The number of rotatable bonds is 10. The van der Waals surface area contributed by atoms with Crippen molar-refractivity contribution in [3.63, 3.8) is 0 Å². The molecule has 0 heterocycles. The molecular formula is C12H25NO4. The highest BCUT2D eigenvalue weighted by molar-refractivity contribution is 5.69. The Hall–Kier alpha value is -0.650. The van der Waals surface area contributed by atoms with Gasteiger partial charge in [0.1, 0.15) is 0 Å². The highest BCUT2D eigenvalue weighted by Gasteiger charge is 2.06. The van der Waals surface area contributed by atoms with Gasteiger partial charge in [-0.25, -0.2) is 0 Å². The van der Waals surface area contributed by atoms with Crippen molar-refractivity contribution in [1.82, 2.24) is 4.90 Å². The molecule has 102 valence electrons. The second-order valence-corrected chi connectivity index (χ2v) is 4.28. The van der Waals surface area contributed by atoms with Gasteiger partial charge in [0, 0.05) is 19.5 Å². The van der Waals surface area contributed by atoms with Crippen LogP contribution in [0.3, 0.4) is 0 Å². The van der Waals surface area contributed by atoms with Gasteiger partial charge in [-0.05, 0) is 33.2 Å². The van der Waals surface area contributed by atoms with Crippen LogP contribution in [0.5, 0.6) is 0 Å². The summed E-state index contributed by atoms with van der Waals surface area (Å²) in [6.07, 6.45) is 2.03. The van der Waals surface area contributed by atoms with Crippen LogP contribution in [0.25, 0.3) is 0 Å². The minimum Gasteiger partial charge on any atom is -0.463 e. The first kappa shape index (κ1) is 16.4. The van der Waals surface area contributed by atoms with Gasteiger partial charge in [0.2, 0.25) is 0 Å². The molecule has 0 saturated heterocycles. The van der Waals surface area contributed by atoms with Crippen LogP contribution in [0, 0.1) is 0 Å². The fourth-order valence-electron chi connectivity index (χ4n) is 1.54. The average molecular weight is 247 g/mol. The molecule has 2 N–H and O–H groups in total. The molecule has 0 aromatic carbocycles. The number of carbonyl (C=O) groups is 1. The molecule has 0 radical (unpaired) electrons. The minimum atomic E-state index is -0.157. The molecule has 17 heavy (non-hydrogen) atoms. The molecule has 0 aliphatic rings. The standard InChI is InChI=1S/C12H25NO4/c1-11(2)17-12(16)5-3-4-6-13(7-9-14)8-10-15/h11,14-15H,3-10H2,1-2H3. The molecule has 0 fully saturated rings. The van der Waals surface area contributed by atoms with Crippen LogP contribution in [0.15, 0.2) is 0 Å². The van der Waals surface area contributed by atoms with Crippen molar-refractivity contribution >= 4 is 5.97 Å². The molecule has 5 heteroatoms. The Morgan fingerprint density at radius 3 is 2.18 bits per heavy atom. The normalized spacial score (nSPS) is 11.2. The number of esters is 1. The summed E-state index contributed by atoms with van der Waals surface area (Å²) in [4.78, 5) is 13.2. The van der Waals surface area contributed by atoms with Gasteiger partial charge in [-0.2, -0.15) is 0 Å². The van der Waals surface area contributed by atoms with Gasteiger partial charge < -0.3 is 14.9 Å². The highest BCUT2D eigenvalue weighted by atomic mass is 16.5. The number of unbranched alkanes of at least 4 members (excludes halogenated alkanes) is 1. The molecule has 0 saturated carbocycles. The van der Waals surface area contributed by atoms with Crippen LogP contribution in [0.2, 0.25) is 0 Å². The molecule has 0 atom stereocenters. The lowest BCUT2D eigenvalue weighted by Gasteiger charge is -2.19. The van der Waals surface area contributed by atoms with E-state index in [1.807, 2.05) is 18.7 Å². The van der Waals surface area contributed by atoms with Crippen LogP contribution >= 0.6 is 0 Å². The van der Waals surface area contributed by atoms with E-state index in [0.717, 1.165) is 19.4 Å². The number of aliphatic hydroxyl groups excluding tert-OH is 2. The monoisotopic (exact) mass is 247 g/mol. The van der Waals surface area contributed by atoms with Crippen molar-refractivity contribution in [3.8, 4) is 0 Å². The first-order chi connectivity index (χ1) is 8.10. The predicted molar refractivity (Wildman–Crippen MR) is 65.7 cm³/mol. The third-order valence-electron chi connectivity index (χ3n) is 2.30. The molecular weight excluding hydrogens is 222 g/mol. The van der Waals surface area contributed by atoms with Crippen LogP contribution in [-0.4, -0.2) is 60.0 Å². The summed E-state index contributed by atoms with van der Waals surface area (Å²) >= 11 is 0. The fourth-order valence-corrected chi connectivity index (χ4v) is 1.54. The molecule has 0 aliphatic heterocycles. The molecule has 0 bridgehead atoms. The van der Waals surface area contributed by atoms with Gasteiger partial charge in [0.15, 0.2) is 0 Å². The van der Waals surface area contributed by atoms with E-state index in [-0.39, 0.29) is 25.3 Å². The molecule has 0 spiro atoms. The van der Waals surface area contributed by atoms with E-state index in [2.05, 4.69) is 0 Å². The number of carbonyl (C=O) groups excluding carboxylic acids is 1. The van der Waals surface area contributed by atoms with E-state index in [1.165, 1.54) is 0 Å². The number of ether oxygens (including phenoxy) is 1. The second-order valence-electron chi connectivity index (χ2n) is 4.28. The van der Waals surface area contributed by atoms with E-state index >= 15 is 0 Å². The van der Waals surface area contributed by atoms with Gasteiger partial charge in [-0.3, -0.25) is 9.69 Å². The van der Waals surface area contributed by atoms with Gasteiger partial charge in [-0.15, -0.1) is 0 Å². The van der Waals surface area contributed by atoms with Gasteiger partial charge in [0.05, 0.1) is 19.3 Å². The maximum atomic E-state index is 11.2. The number of nitrogens with zero attached hydrogens (tertiary/aromatic N) is 1. The lowest BCUT2D eigenvalue weighted by molar-refractivity contribution is -0.147. The molecule has 0 aliphatic carbocycles. The van der Waals surface area contributed by atoms with Crippen LogP contribution in [0.4, 0.5) is 0 Å². The zero-order valence-electron chi connectivity index (χ0n) is 10.9. The van der Waals surface area contributed by atoms with Crippen molar-refractivity contribution in [2.75, 3.05) is 32.8 Å². The Morgan fingerprint density at radius 1 is 1.12 bits per heavy atom. The van der Waals surface area contributed by atoms with Gasteiger partial charge in [-0.1, -0.05) is 0 Å². The maximum Gasteiger partial charge on any atom is 0.306 e. The number of hydrogen-bond acceptors (Lipinski definition) is 5. The lowest BCUT2D eigenvalue weighted by Crippen LogP contribution is -2.30. The lowest BCUT2D eigenvalue weighted by atomic mass is 10.2. The summed E-state index contributed by atoms with van der Waals surface area (Å²) in [5, 5.41) is 17.6. The quantitative estimate of drug-likeness (QED) is 0.432. The van der Waals surface area contributed by atoms with Crippen LogP contribution < -0.4 is 0 Å². The zero-order chi connectivity index (χ0) is 13.1. The van der Waals surface area contributed by atoms with Gasteiger partial charge in [0.25, 0.3) is 0 Å². The van der Waals surface area contributed by atoms with Crippen LogP contribution in [-0.2, 0) is 9.53 Å². The minimum absolute atomic E-state index is 0.0530. The molecule has 0 unspecified atom stereocenters. The Kier molecular flexibility index (Phi) is 10.1. The molecule has 5 nitrogen and oxygen atoms in total. The smallest absolute Gasteiger partial charge is 0.306 e. The molecule has 0 rings (SSSR count). The van der Waals surface area contributed by atoms with Crippen molar-refractivity contribution in [3.05, 3.63) is 0 Å². The van der Waals surface area contributed by atoms with E-state index in [4.69, 9.17) is 14.9 Å². The molecule has 0 aromatic rings. The third kappa shape index (κ3) is 10.2. The SMILES string of the molecule is CC(C)OC(=O)CCCCN(CCO)CCO. The van der Waals surface area contributed by atoms with Crippen molar-refractivity contribution in [2.24, 2.45) is 0 Å². The number of hydrogen-bond donors (Lipinski definition) is 2. The fraction of sp³-hybridized carbons (Fsp3) is 0.917. The Balaban J connectivity index is 3.56. The van der Waals surface area contributed by atoms with E-state index in [0.29, 0.717) is 19.5 Å². The number of aliphatic hydroxyl groups is 2. The van der Waals surface area contributed by atoms with E-state index in [9.17, 15) is 4.79 Å². The average Bonchev–Trinajstić information content (AvgIpc) is 2.24. The first-order valence-electron chi connectivity index (χ1n) is 6.23. The van der Waals surface area contributed by atoms with Crippen molar-refractivity contribution in [2.45, 2.75) is 39.2 Å². The van der Waals surface area contributed by atoms with Crippen molar-refractivity contribution in [1.29, 1.82) is 0 Å². The van der Waals surface area contributed by atoms with Crippen molar-refractivity contribution < 1.29 is 19.7 Å². The summed E-state index contributed by atoms with van der Waals surface area (Å²) in [5.74, 6) is -0.157. The zero-order valence-corrected chi connectivity index (χ0v) is 10.9. The maximum absolute atomic E-state index is 11.2. The van der Waals surface area contributed by atoms with E-state index in [1.54, 1.807) is 0 Å². The summed E-state index contributed by atoms with van der Waals surface area (Å²) in [7, 11) is 0. The van der Waals surface area contributed by atoms with Crippen LogP contribution in [0.1, 0.15) is 33.1 Å². The Labute approximate surface area is 103 Å². The highest BCUT2D eigenvalue weighted by Crippen LogP contribution is 2.02. The summed E-state index contributed by atoms with van der Waals surface area (Å²) in [6.45, 7) is 5.78. The molecule has 0 aromatic heterocycles. The topological polar surface area (TPSA) is 70.0 Å². The Bertz CT molecular complexity index is 191. The van der Waals surface area contributed by atoms with Gasteiger partial charge >= 0.3 is 5.97 Å². The third-order valence-corrected chi connectivity index (χ3v) is 2.30. The van der Waals surface area contributed by atoms with E-state index < -0.39 is 0 Å². The second kappa shape index (κ2) is 10.5. The Morgan fingerprint density at radius 2 is 1.71 bits per heavy atom. The summed E-state index contributed by atoms with van der Waals surface area (Å²) < 4.78 is 5.02. The summed E-state index contributed by atoms with van der Waals surface area (Å²) in [6, 6.07) is 0. The predicted octanol–water partition coefficient (Wildman–Crippen LogP) is 0.395. The summed E-state index contributed by atoms with van der Waals surface area (Å²) in [5.41, 5.74) is 0. The first-order valence-corrected chi connectivity index (χ1v) is 6.23.